The Morgan fingerprint density at radius 3 is 2.26 bits per heavy atom. The summed E-state index contributed by atoms with van der Waals surface area (Å²) in [6.07, 6.45) is 1.26. The van der Waals surface area contributed by atoms with Gasteiger partial charge in [-0.05, 0) is 37.2 Å². The molecule has 0 bridgehead atoms. The highest BCUT2D eigenvalue weighted by Crippen LogP contribution is 2.17. The maximum absolute atomic E-state index is 3.36. The minimum atomic E-state index is 0.973. The Morgan fingerprint density at radius 1 is 1.00 bits per heavy atom. The van der Waals surface area contributed by atoms with Crippen molar-refractivity contribution in [3.8, 4) is 0 Å². The highest BCUT2D eigenvalue weighted by Gasteiger charge is 2.16. The van der Waals surface area contributed by atoms with Crippen LogP contribution in [0.3, 0.4) is 0 Å². The second kappa shape index (κ2) is 7.51. The van der Waals surface area contributed by atoms with Crippen molar-refractivity contribution in [3.05, 3.63) is 29.8 Å². The molecular weight excluding hydrogens is 234 g/mol. The van der Waals surface area contributed by atoms with Crippen LogP contribution in [0.25, 0.3) is 0 Å². The lowest BCUT2D eigenvalue weighted by Gasteiger charge is -2.36. The van der Waals surface area contributed by atoms with E-state index in [1.165, 1.54) is 37.3 Å². The van der Waals surface area contributed by atoms with Crippen molar-refractivity contribution < 1.29 is 0 Å². The van der Waals surface area contributed by atoms with Gasteiger partial charge in [-0.25, -0.2) is 0 Å². The summed E-state index contributed by atoms with van der Waals surface area (Å²) in [7, 11) is 0. The van der Waals surface area contributed by atoms with E-state index in [-0.39, 0.29) is 0 Å². The van der Waals surface area contributed by atoms with Crippen molar-refractivity contribution in [2.24, 2.45) is 0 Å². The maximum Gasteiger partial charge on any atom is 0.0367 e. The fourth-order valence-electron chi connectivity index (χ4n) is 2.64. The van der Waals surface area contributed by atoms with Crippen LogP contribution in [0.1, 0.15) is 25.8 Å². The van der Waals surface area contributed by atoms with Crippen LogP contribution in [0, 0.1) is 0 Å². The molecule has 0 atom stereocenters. The first-order valence-electron chi connectivity index (χ1n) is 7.60. The third-order valence-electron chi connectivity index (χ3n) is 3.79. The molecule has 0 saturated carbocycles. The van der Waals surface area contributed by atoms with E-state index in [2.05, 4.69) is 53.2 Å². The molecule has 1 N–H and O–H groups in total. The lowest BCUT2D eigenvalue weighted by Crippen LogP contribution is -2.46. The van der Waals surface area contributed by atoms with Crippen LogP contribution in [-0.2, 0) is 6.54 Å². The summed E-state index contributed by atoms with van der Waals surface area (Å²) in [6, 6.07) is 9.02. The minimum absolute atomic E-state index is 0.973. The number of hydrogen-bond acceptors (Lipinski definition) is 3. The van der Waals surface area contributed by atoms with E-state index in [9.17, 15) is 0 Å². The Balaban J connectivity index is 1.85. The lowest BCUT2D eigenvalue weighted by molar-refractivity contribution is 0.258. The van der Waals surface area contributed by atoms with Crippen molar-refractivity contribution in [2.45, 2.75) is 26.8 Å². The van der Waals surface area contributed by atoms with Crippen molar-refractivity contribution in [1.82, 2.24) is 10.2 Å². The standard InChI is InChI=1S/C16H27N3/c1-3-9-18-10-12-19(13-11-18)16-7-5-15(6-8-16)14-17-4-2/h5-8,17H,3-4,9-14H2,1-2H3. The summed E-state index contributed by atoms with van der Waals surface area (Å²) in [5.41, 5.74) is 2.74. The molecule has 0 spiro atoms. The third kappa shape index (κ3) is 4.22. The molecule has 3 heteroatoms. The Bertz CT molecular complexity index is 353. The Kier molecular flexibility index (Phi) is 5.67. The molecule has 0 radical (unpaired) electrons. The van der Waals surface area contributed by atoms with Gasteiger partial charge in [0.15, 0.2) is 0 Å². The van der Waals surface area contributed by atoms with E-state index in [1.807, 2.05) is 0 Å². The van der Waals surface area contributed by atoms with E-state index >= 15 is 0 Å². The molecule has 1 aliphatic rings. The molecule has 1 aromatic carbocycles. The summed E-state index contributed by atoms with van der Waals surface area (Å²) < 4.78 is 0. The average molecular weight is 261 g/mol. The predicted molar refractivity (Wildman–Crippen MR) is 82.8 cm³/mol. The predicted octanol–water partition coefficient (Wildman–Crippen LogP) is 2.33. The first-order chi connectivity index (χ1) is 9.33. The number of benzene rings is 1. The van der Waals surface area contributed by atoms with Gasteiger partial charge in [0.1, 0.15) is 0 Å². The number of piperazine rings is 1. The van der Waals surface area contributed by atoms with E-state index in [0.29, 0.717) is 0 Å². The zero-order valence-electron chi connectivity index (χ0n) is 12.4. The van der Waals surface area contributed by atoms with Crippen LogP contribution in [-0.4, -0.2) is 44.2 Å². The highest BCUT2D eigenvalue weighted by molar-refractivity contribution is 5.48. The zero-order valence-corrected chi connectivity index (χ0v) is 12.4. The van der Waals surface area contributed by atoms with Crippen LogP contribution in [0.4, 0.5) is 5.69 Å². The summed E-state index contributed by atoms with van der Waals surface area (Å²) in [6.45, 7) is 12.4. The highest BCUT2D eigenvalue weighted by atomic mass is 15.3. The van der Waals surface area contributed by atoms with Gasteiger partial charge in [0.25, 0.3) is 0 Å². The molecule has 0 aliphatic carbocycles. The van der Waals surface area contributed by atoms with Gasteiger partial charge in [-0.15, -0.1) is 0 Å². The third-order valence-corrected chi connectivity index (χ3v) is 3.79. The van der Waals surface area contributed by atoms with Gasteiger partial charge in [0, 0.05) is 38.4 Å². The van der Waals surface area contributed by atoms with Gasteiger partial charge in [-0.2, -0.15) is 0 Å². The van der Waals surface area contributed by atoms with Gasteiger partial charge in [0.05, 0.1) is 0 Å². The molecule has 0 amide bonds. The van der Waals surface area contributed by atoms with E-state index < -0.39 is 0 Å². The monoisotopic (exact) mass is 261 g/mol. The van der Waals surface area contributed by atoms with Crippen molar-refractivity contribution in [2.75, 3.05) is 44.2 Å². The van der Waals surface area contributed by atoms with E-state index in [4.69, 9.17) is 0 Å². The van der Waals surface area contributed by atoms with Crippen LogP contribution < -0.4 is 10.2 Å². The molecule has 1 saturated heterocycles. The number of hydrogen-bond donors (Lipinski definition) is 1. The number of anilines is 1. The summed E-state index contributed by atoms with van der Waals surface area (Å²) >= 11 is 0. The Morgan fingerprint density at radius 2 is 1.68 bits per heavy atom. The average Bonchev–Trinajstić information content (AvgIpc) is 2.47. The maximum atomic E-state index is 3.36. The molecular formula is C16H27N3. The Hall–Kier alpha value is -1.06. The second-order valence-electron chi connectivity index (χ2n) is 5.28. The molecule has 1 aliphatic heterocycles. The quantitative estimate of drug-likeness (QED) is 0.848. The fourth-order valence-corrected chi connectivity index (χ4v) is 2.64. The normalized spacial score (nSPS) is 16.8. The molecule has 2 rings (SSSR count). The zero-order chi connectivity index (χ0) is 13.5. The number of nitrogens with one attached hydrogen (secondary N) is 1. The van der Waals surface area contributed by atoms with Gasteiger partial charge >= 0.3 is 0 Å². The van der Waals surface area contributed by atoms with Crippen LogP contribution in [0.15, 0.2) is 24.3 Å². The smallest absolute Gasteiger partial charge is 0.0367 e. The van der Waals surface area contributed by atoms with Crippen molar-refractivity contribution in [1.29, 1.82) is 0 Å². The van der Waals surface area contributed by atoms with E-state index in [1.54, 1.807) is 0 Å². The molecule has 0 aromatic heterocycles. The molecule has 1 heterocycles. The molecule has 3 nitrogen and oxygen atoms in total. The number of rotatable bonds is 6. The molecule has 1 aromatic rings. The first kappa shape index (κ1) is 14.4. The van der Waals surface area contributed by atoms with Crippen LogP contribution in [0.5, 0.6) is 0 Å². The lowest BCUT2D eigenvalue weighted by atomic mass is 10.1. The SMILES string of the molecule is CCCN1CCN(c2ccc(CNCC)cc2)CC1. The van der Waals surface area contributed by atoms with Crippen LogP contribution >= 0.6 is 0 Å². The topological polar surface area (TPSA) is 18.5 Å². The molecule has 19 heavy (non-hydrogen) atoms. The van der Waals surface area contributed by atoms with Crippen LogP contribution in [0.2, 0.25) is 0 Å². The van der Waals surface area contributed by atoms with Gasteiger partial charge in [-0.1, -0.05) is 26.0 Å². The minimum Gasteiger partial charge on any atom is -0.369 e. The van der Waals surface area contributed by atoms with Gasteiger partial charge < -0.3 is 10.2 Å². The molecule has 106 valence electrons. The largest absolute Gasteiger partial charge is 0.369 e. The fraction of sp³-hybridized carbons (Fsp3) is 0.625. The Labute approximate surface area is 117 Å². The van der Waals surface area contributed by atoms with Crippen molar-refractivity contribution in [3.63, 3.8) is 0 Å². The second-order valence-corrected chi connectivity index (χ2v) is 5.28. The summed E-state index contributed by atoms with van der Waals surface area (Å²) in [4.78, 5) is 5.07. The molecule has 1 fully saturated rings. The van der Waals surface area contributed by atoms with Crippen molar-refractivity contribution >= 4 is 5.69 Å². The number of nitrogens with zero attached hydrogens (tertiary/aromatic N) is 2. The van der Waals surface area contributed by atoms with Gasteiger partial charge in [0.2, 0.25) is 0 Å². The summed E-state index contributed by atoms with van der Waals surface area (Å²) in [5.74, 6) is 0. The first-order valence-corrected chi connectivity index (χ1v) is 7.60. The molecule has 0 unspecified atom stereocenters. The van der Waals surface area contributed by atoms with Gasteiger partial charge in [-0.3, -0.25) is 4.90 Å². The summed E-state index contributed by atoms with van der Waals surface area (Å²) in [5, 5.41) is 3.36. The van der Waals surface area contributed by atoms with E-state index in [0.717, 1.165) is 26.2 Å².